The van der Waals surface area contributed by atoms with Crippen LogP contribution in [0.1, 0.15) is 85.8 Å². The van der Waals surface area contributed by atoms with Crippen molar-refractivity contribution in [2.24, 2.45) is 5.41 Å². The second kappa shape index (κ2) is 17.8. The molecule has 4 heterocycles. The number of hydrogen-bond donors (Lipinski definition) is 0. The number of aryl methyl sites for hydroxylation is 6. The van der Waals surface area contributed by atoms with E-state index in [0.717, 1.165) is 35.5 Å². The van der Waals surface area contributed by atoms with Crippen LogP contribution in [0.15, 0.2) is 169 Å². The maximum Gasteiger partial charge on any atom is 0.144 e. The van der Waals surface area contributed by atoms with E-state index in [9.17, 15) is 21.7 Å². The molecule has 0 fully saturated rings. The minimum Gasteiger partial charge on any atom is -0.455 e. The van der Waals surface area contributed by atoms with Crippen molar-refractivity contribution in [3.05, 3.63) is 209 Å². The van der Waals surface area contributed by atoms with E-state index in [0.29, 0.717) is 27.7 Å². The Balaban J connectivity index is 1.13. The first-order valence-electron chi connectivity index (χ1n) is 27.6. The minimum absolute atomic E-state index is 0.0386. The molecule has 0 aliphatic heterocycles. The largest absolute Gasteiger partial charge is 0.455 e. The molecule has 0 aliphatic carbocycles. The minimum atomic E-state index is -3.18. The van der Waals surface area contributed by atoms with Crippen LogP contribution in [0.2, 0.25) is 0 Å². The van der Waals surface area contributed by atoms with E-state index in [-0.39, 0.29) is 50.7 Å². The van der Waals surface area contributed by atoms with Crippen LogP contribution < -0.4 is 0 Å². The van der Waals surface area contributed by atoms with Gasteiger partial charge in [-0.3, -0.25) is 15.0 Å². The molecule has 304 valence electrons. The molecule has 5 aromatic carbocycles. The smallest absolute Gasteiger partial charge is 0.144 e. The molecule has 0 atom stereocenters. The molecule has 0 saturated heterocycles. The lowest BCUT2D eigenvalue weighted by Gasteiger charge is -2.18. The van der Waals surface area contributed by atoms with Crippen LogP contribution in [0.5, 0.6) is 0 Å². The second-order valence-corrected chi connectivity index (χ2v) is 15.6. The van der Waals surface area contributed by atoms with Gasteiger partial charge < -0.3 is 4.42 Å². The summed E-state index contributed by atoms with van der Waals surface area (Å²) in [6.07, 6.45) is -16.9. The third kappa shape index (κ3) is 9.41. The highest BCUT2D eigenvalue weighted by molar-refractivity contribution is 6.09. The normalized spacial score (nSPS) is 16.8. The zero-order valence-corrected chi connectivity index (χ0v) is 34.2. The Labute approximate surface area is 385 Å². The molecular formula is C57H50N4O. The summed E-state index contributed by atoms with van der Waals surface area (Å²) in [5.41, 5.74) is -0.315. The van der Waals surface area contributed by atoms with Crippen molar-refractivity contribution in [1.29, 1.82) is 5.26 Å². The van der Waals surface area contributed by atoms with Gasteiger partial charge in [0.05, 0.1) is 30.1 Å². The van der Waals surface area contributed by atoms with E-state index in [1.54, 1.807) is 87.5 Å². The molecule has 0 spiro atoms. The topological polar surface area (TPSA) is 75.6 Å². The zero-order chi connectivity index (χ0) is 55.9. The predicted molar refractivity (Wildman–Crippen MR) is 253 cm³/mol. The molecule has 9 rings (SSSR count). The number of fused-ring (bicyclic) bond motifs is 3. The molecule has 5 heteroatoms. The van der Waals surface area contributed by atoms with E-state index in [1.165, 1.54) is 54.9 Å². The number of nitrogens with zero attached hydrogens (tertiary/aromatic N) is 4. The van der Waals surface area contributed by atoms with Crippen LogP contribution in [0.4, 0.5) is 0 Å². The van der Waals surface area contributed by atoms with Crippen molar-refractivity contribution in [1.82, 2.24) is 15.0 Å². The van der Waals surface area contributed by atoms with Gasteiger partial charge in [-0.15, -0.1) is 0 Å². The van der Waals surface area contributed by atoms with Crippen LogP contribution in [0.3, 0.4) is 0 Å². The fraction of sp³-hybridized carbons (Fsp3) is 0.193. The van der Waals surface area contributed by atoms with Crippen molar-refractivity contribution in [2.75, 3.05) is 0 Å². The Kier molecular flexibility index (Phi) is 7.54. The molecule has 0 aliphatic rings. The summed E-state index contributed by atoms with van der Waals surface area (Å²) in [5, 5.41) is 11.0. The number of pyridine rings is 3. The molecule has 5 nitrogen and oxygen atoms in total. The Bertz CT molecular complexity index is 3600. The van der Waals surface area contributed by atoms with Crippen LogP contribution in [0, 0.1) is 16.7 Å². The first-order chi connectivity index (χ1) is 36.0. The van der Waals surface area contributed by atoms with Gasteiger partial charge in [-0.2, -0.15) is 5.26 Å². The SMILES string of the molecule is [2H]c1c(C#N)c(C([2H])([2H])C(C)(C)C)cc2c1oc1c(-c3ccc(C([2H])([2H])C([2H])([2H])c4cc(C([2H])([2H])C([2H])([2H])c5ccc(-c6ccccc6)nc5)cc(C([2H])([2H])C([2H])([2H])c5ccc(-c6ccccc6)nc5)c4)cn3)cccc12. The molecule has 0 N–H and O–H groups in total. The molecule has 9 aromatic rings. The molecule has 0 saturated carbocycles. The summed E-state index contributed by atoms with van der Waals surface area (Å²) in [6.45, 7) is 5.10. The van der Waals surface area contributed by atoms with Gasteiger partial charge in [0.2, 0.25) is 0 Å². The van der Waals surface area contributed by atoms with Crippen LogP contribution in [-0.2, 0) is 44.6 Å². The standard InChI is InChI=1S/C57H50N4O/c1-57(2,3)34-47-32-51-49-15-10-16-50(56(49)62-55(51)33-48(47)35-58)54-28-25-41(38-61-54)19-22-44-30-42(20-17-39-23-26-52(59-36-39)45-11-6-4-7-12-45)29-43(31-44)21-18-40-24-27-53(60-37-40)46-13-8-5-9-14-46/h4-16,23-33,36-38H,17-22,34H2,1-3H3/i17D2,18D2,19D2,20D2,21D2,22D2,33D,34D2. The summed E-state index contributed by atoms with van der Waals surface area (Å²) < 4.78 is 146. The maximum atomic E-state index is 10.1. The van der Waals surface area contributed by atoms with Crippen LogP contribution in [0.25, 0.3) is 55.7 Å². The van der Waals surface area contributed by atoms with Crippen molar-refractivity contribution < 1.29 is 25.0 Å². The number of furan rings is 1. The molecule has 62 heavy (non-hydrogen) atoms. The molecule has 0 unspecified atom stereocenters. The molecule has 4 aromatic heterocycles. The number of benzene rings is 5. The van der Waals surface area contributed by atoms with E-state index in [2.05, 4.69) is 15.0 Å². The first kappa shape index (κ1) is 26.2. The summed E-state index contributed by atoms with van der Waals surface area (Å²) in [6, 6.07) is 37.7. The van der Waals surface area contributed by atoms with E-state index in [4.69, 9.17) is 8.53 Å². The van der Waals surface area contributed by atoms with Crippen molar-refractivity contribution in [3.8, 4) is 39.8 Å². The van der Waals surface area contributed by atoms with Crippen LogP contribution >= 0.6 is 0 Å². The Morgan fingerprint density at radius 3 is 1.48 bits per heavy atom. The summed E-state index contributed by atoms with van der Waals surface area (Å²) in [7, 11) is 0. The van der Waals surface area contributed by atoms with Crippen molar-refractivity contribution in [2.45, 2.75) is 65.4 Å². The zero-order valence-electron chi connectivity index (χ0n) is 49.2. The highest BCUT2D eigenvalue weighted by atomic mass is 16.3. The molecule has 0 amide bonds. The monoisotopic (exact) mass is 821 g/mol. The fourth-order valence-electron chi connectivity index (χ4n) is 6.96. The lowest BCUT2D eigenvalue weighted by molar-refractivity contribution is 0.411. The third-order valence-electron chi connectivity index (χ3n) is 9.86. The first-order valence-corrected chi connectivity index (χ1v) is 20.1. The number of para-hydroxylation sites is 1. The summed E-state index contributed by atoms with van der Waals surface area (Å²) >= 11 is 0. The average molecular weight is 822 g/mol. The second-order valence-electron chi connectivity index (χ2n) is 15.6. The van der Waals surface area contributed by atoms with Gasteiger partial charge >= 0.3 is 0 Å². The highest BCUT2D eigenvalue weighted by Crippen LogP contribution is 2.37. The Hall–Kier alpha value is -7.16. The summed E-state index contributed by atoms with van der Waals surface area (Å²) in [4.78, 5) is 13.3. The van der Waals surface area contributed by atoms with Crippen LogP contribution in [-0.4, -0.2) is 15.0 Å². The Morgan fingerprint density at radius 1 is 0.548 bits per heavy atom. The van der Waals surface area contributed by atoms with E-state index >= 15 is 0 Å². The quantitative estimate of drug-likeness (QED) is 0.116. The van der Waals surface area contributed by atoms with Gasteiger partial charge in [0.15, 0.2) is 0 Å². The lowest BCUT2D eigenvalue weighted by Crippen LogP contribution is -2.10. The van der Waals surface area contributed by atoms with Gasteiger partial charge in [0, 0.05) is 65.2 Å². The lowest BCUT2D eigenvalue weighted by atomic mass is 9.86. The van der Waals surface area contributed by atoms with Gasteiger partial charge in [-0.25, -0.2) is 0 Å². The molecule has 0 bridgehead atoms. The number of hydrogen-bond acceptors (Lipinski definition) is 5. The molecular weight excluding hydrogens is 757 g/mol. The van der Waals surface area contributed by atoms with Gasteiger partial charge in [0.1, 0.15) is 11.2 Å². The van der Waals surface area contributed by atoms with Gasteiger partial charge in [0.25, 0.3) is 0 Å². The Morgan fingerprint density at radius 2 is 1.03 bits per heavy atom. The van der Waals surface area contributed by atoms with E-state index in [1.807, 2.05) is 18.2 Å². The van der Waals surface area contributed by atoms with Gasteiger partial charge in [-0.1, -0.05) is 130 Å². The molecule has 0 radical (unpaired) electrons. The van der Waals surface area contributed by atoms with Crippen molar-refractivity contribution in [3.63, 3.8) is 0 Å². The highest BCUT2D eigenvalue weighted by Gasteiger charge is 2.19. The number of aromatic nitrogens is 3. The summed E-state index contributed by atoms with van der Waals surface area (Å²) in [5.74, 6) is 0. The third-order valence-corrected chi connectivity index (χ3v) is 9.86. The maximum absolute atomic E-state index is 10.1. The average Bonchev–Trinajstić information content (AvgIpc) is 3.88. The number of nitriles is 1. The van der Waals surface area contributed by atoms with Gasteiger partial charge in [-0.05, 0) is 125 Å². The predicted octanol–water partition coefficient (Wildman–Crippen LogP) is 13.6. The number of rotatable bonds is 13. The van der Waals surface area contributed by atoms with E-state index < -0.39 is 66.7 Å². The fourth-order valence-corrected chi connectivity index (χ4v) is 6.96. The van der Waals surface area contributed by atoms with Crippen molar-refractivity contribution >= 4 is 21.9 Å².